The molecular formula is C12H15N5OS2. The summed E-state index contributed by atoms with van der Waals surface area (Å²) in [6.45, 7) is 3.43. The lowest BCUT2D eigenvalue weighted by Crippen LogP contribution is -2.39. The number of amides is 1. The van der Waals surface area contributed by atoms with Crippen molar-refractivity contribution in [2.24, 2.45) is 7.05 Å². The lowest BCUT2D eigenvalue weighted by molar-refractivity contribution is -0.131. The van der Waals surface area contributed by atoms with Crippen molar-refractivity contribution >= 4 is 29.0 Å². The van der Waals surface area contributed by atoms with Crippen LogP contribution in [0.4, 0.5) is 0 Å². The molecule has 0 radical (unpaired) electrons. The van der Waals surface area contributed by atoms with Gasteiger partial charge in [-0.2, -0.15) is 0 Å². The molecule has 6 nitrogen and oxygen atoms in total. The molecule has 0 saturated heterocycles. The van der Waals surface area contributed by atoms with Crippen LogP contribution in [0.2, 0.25) is 0 Å². The fraction of sp³-hybridized carbons (Fsp3) is 0.500. The zero-order chi connectivity index (χ0) is 14.1. The van der Waals surface area contributed by atoms with Crippen molar-refractivity contribution in [2.45, 2.75) is 30.3 Å². The smallest absolute Gasteiger partial charge is 0.236 e. The summed E-state index contributed by atoms with van der Waals surface area (Å²) in [5.74, 6) is 0.148. The van der Waals surface area contributed by atoms with Gasteiger partial charge in [0.25, 0.3) is 0 Å². The summed E-state index contributed by atoms with van der Waals surface area (Å²) in [6.07, 6.45) is 0.960. The number of aromatic nitrogens is 4. The topological polar surface area (TPSA) is 63.9 Å². The Balaban J connectivity index is 1.66. The van der Waals surface area contributed by atoms with Crippen LogP contribution in [0.15, 0.2) is 16.6 Å². The van der Waals surface area contributed by atoms with E-state index in [0.717, 1.165) is 19.5 Å². The minimum absolute atomic E-state index is 0.148. The van der Waals surface area contributed by atoms with Crippen molar-refractivity contribution in [3.05, 3.63) is 21.9 Å². The largest absolute Gasteiger partial charge is 0.337 e. The lowest BCUT2D eigenvalue weighted by atomic mass is 10.1. The summed E-state index contributed by atoms with van der Waals surface area (Å²) in [7, 11) is 1.78. The standard InChI is InChI=1S/C12H15N5OS2/c1-8(20-12-13-14-15-16(12)2)11(18)17-5-3-10-9(7-17)4-6-19-10/h4,6,8H,3,5,7H2,1-2H3. The van der Waals surface area contributed by atoms with Crippen molar-refractivity contribution in [3.8, 4) is 0 Å². The van der Waals surface area contributed by atoms with E-state index in [-0.39, 0.29) is 11.2 Å². The van der Waals surface area contributed by atoms with Gasteiger partial charge in [0.15, 0.2) is 0 Å². The molecule has 0 spiro atoms. The van der Waals surface area contributed by atoms with E-state index in [2.05, 4.69) is 27.0 Å². The normalized spacial score (nSPS) is 16.0. The molecule has 2 aromatic rings. The maximum Gasteiger partial charge on any atom is 0.236 e. The molecule has 1 amide bonds. The molecule has 0 bridgehead atoms. The van der Waals surface area contributed by atoms with Crippen LogP contribution in [-0.4, -0.2) is 42.8 Å². The number of tetrazole rings is 1. The summed E-state index contributed by atoms with van der Waals surface area (Å²) in [6, 6.07) is 2.11. The van der Waals surface area contributed by atoms with Crippen LogP contribution in [0, 0.1) is 0 Å². The van der Waals surface area contributed by atoms with Gasteiger partial charge in [-0.15, -0.1) is 16.4 Å². The molecule has 0 fully saturated rings. The summed E-state index contributed by atoms with van der Waals surface area (Å²) in [5, 5.41) is 13.9. The van der Waals surface area contributed by atoms with Crippen molar-refractivity contribution in [2.75, 3.05) is 6.54 Å². The van der Waals surface area contributed by atoms with E-state index in [1.165, 1.54) is 22.2 Å². The van der Waals surface area contributed by atoms with Gasteiger partial charge in [0.05, 0.1) is 5.25 Å². The zero-order valence-corrected chi connectivity index (χ0v) is 12.9. The van der Waals surface area contributed by atoms with Crippen LogP contribution in [0.5, 0.6) is 0 Å². The Labute approximate surface area is 125 Å². The van der Waals surface area contributed by atoms with Crippen molar-refractivity contribution in [1.29, 1.82) is 0 Å². The van der Waals surface area contributed by atoms with E-state index in [4.69, 9.17) is 0 Å². The lowest BCUT2D eigenvalue weighted by Gasteiger charge is -2.29. The van der Waals surface area contributed by atoms with Gasteiger partial charge in [0.1, 0.15) is 0 Å². The Kier molecular flexibility index (Phi) is 3.75. The van der Waals surface area contributed by atoms with Gasteiger partial charge < -0.3 is 4.90 Å². The van der Waals surface area contributed by atoms with E-state index < -0.39 is 0 Å². The quantitative estimate of drug-likeness (QED) is 0.801. The third-order valence-corrected chi connectivity index (χ3v) is 5.47. The molecule has 8 heteroatoms. The fourth-order valence-corrected chi connectivity index (χ4v) is 3.95. The Morgan fingerprint density at radius 3 is 3.15 bits per heavy atom. The number of hydrogen-bond acceptors (Lipinski definition) is 6. The average molecular weight is 309 g/mol. The Hall–Kier alpha value is -1.41. The van der Waals surface area contributed by atoms with Gasteiger partial charge in [-0.1, -0.05) is 11.8 Å². The second-order valence-electron chi connectivity index (χ2n) is 4.72. The molecule has 0 saturated carbocycles. The molecule has 0 N–H and O–H groups in total. The van der Waals surface area contributed by atoms with Crippen LogP contribution in [0.3, 0.4) is 0 Å². The molecule has 1 unspecified atom stereocenters. The summed E-state index contributed by atoms with van der Waals surface area (Å²) in [4.78, 5) is 15.8. The predicted octanol–water partition coefficient (Wildman–Crippen LogP) is 1.34. The maximum atomic E-state index is 12.5. The van der Waals surface area contributed by atoms with Crippen LogP contribution in [0.1, 0.15) is 17.4 Å². The number of rotatable bonds is 3. The van der Waals surface area contributed by atoms with Crippen LogP contribution in [0.25, 0.3) is 0 Å². The molecule has 3 heterocycles. The number of fused-ring (bicyclic) bond motifs is 1. The van der Waals surface area contributed by atoms with Crippen molar-refractivity contribution < 1.29 is 4.79 Å². The second-order valence-corrected chi connectivity index (χ2v) is 7.03. The number of aryl methyl sites for hydroxylation is 1. The monoisotopic (exact) mass is 309 g/mol. The number of carbonyl (C=O) groups is 1. The molecule has 1 aliphatic rings. The Bertz CT molecular complexity index is 623. The average Bonchev–Trinajstić information content (AvgIpc) is 3.06. The highest BCUT2D eigenvalue weighted by Crippen LogP contribution is 2.27. The first-order chi connectivity index (χ1) is 9.65. The van der Waals surface area contributed by atoms with Gasteiger partial charge in [-0.25, -0.2) is 4.68 Å². The molecule has 1 aliphatic heterocycles. The first-order valence-electron chi connectivity index (χ1n) is 6.38. The van der Waals surface area contributed by atoms with Crippen LogP contribution < -0.4 is 0 Å². The van der Waals surface area contributed by atoms with Crippen LogP contribution in [-0.2, 0) is 24.8 Å². The first kappa shape index (κ1) is 13.6. The Morgan fingerprint density at radius 1 is 1.55 bits per heavy atom. The molecule has 20 heavy (non-hydrogen) atoms. The van der Waals surface area contributed by atoms with Gasteiger partial charge in [0, 0.05) is 25.0 Å². The highest BCUT2D eigenvalue weighted by molar-refractivity contribution is 8.00. The predicted molar refractivity (Wildman–Crippen MR) is 77.6 cm³/mol. The van der Waals surface area contributed by atoms with Crippen LogP contribution >= 0.6 is 23.1 Å². The van der Waals surface area contributed by atoms with Gasteiger partial charge >= 0.3 is 0 Å². The molecular weight excluding hydrogens is 294 g/mol. The number of nitrogens with zero attached hydrogens (tertiary/aromatic N) is 5. The molecule has 0 aliphatic carbocycles. The number of carbonyl (C=O) groups excluding carboxylic acids is 1. The molecule has 0 aromatic carbocycles. The van der Waals surface area contributed by atoms with Crippen molar-refractivity contribution in [3.63, 3.8) is 0 Å². The fourth-order valence-electron chi connectivity index (χ4n) is 2.22. The van der Waals surface area contributed by atoms with Crippen molar-refractivity contribution in [1.82, 2.24) is 25.1 Å². The zero-order valence-electron chi connectivity index (χ0n) is 11.3. The van der Waals surface area contributed by atoms with E-state index in [1.54, 1.807) is 23.1 Å². The summed E-state index contributed by atoms with van der Waals surface area (Å²) in [5.41, 5.74) is 1.28. The second kappa shape index (κ2) is 5.53. The minimum atomic E-state index is -0.181. The Morgan fingerprint density at radius 2 is 2.40 bits per heavy atom. The maximum absolute atomic E-state index is 12.5. The summed E-state index contributed by atoms with van der Waals surface area (Å²) >= 11 is 3.18. The number of thiophene rings is 1. The third kappa shape index (κ3) is 2.57. The third-order valence-electron chi connectivity index (χ3n) is 3.33. The van der Waals surface area contributed by atoms with E-state index >= 15 is 0 Å². The van der Waals surface area contributed by atoms with E-state index in [0.29, 0.717) is 5.16 Å². The van der Waals surface area contributed by atoms with Gasteiger partial charge in [-0.3, -0.25) is 4.79 Å². The minimum Gasteiger partial charge on any atom is -0.337 e. The SMILES string of the molecule is CC(Sc1nnnn1C)C(=O)N1CCc2sccc2C1. The molecule has 3 rings (SSSR count). The summed E-state index contributed by atoms with van der Waals surface area (Å²) < 4.78 is 1.58. The number of thioether (sulfide) groups is 1. The van der Waals surface area contributed by atoms with Gasteiger partial charge in [0.2, 0.25) is 11.1 Å². The van der Waals surface area contributed by atoms with E-state index in [1.807, 2.05) is 11.8 Å². The van der Waals surface area contributed by atoms with Gasteiger partial charge in [-0.05, 0) is 40.8 Å². The highest BCUT2D eigenvalue weighted by atomic mass is 32.2. The van der Waals surface area contributed by atoms with E-state index in [9.17, 15) is 4.79 Å². The molecule has 2 aromatic heterocycles. The first-order valence-corrected chi connectivity index (χ1v) is 8.14. The number of hydrogen-bond donors (Lipinski definition) is 0. The molecule has 106 valence electrons. The highest BCUT2D eigenvalue weighted by Gasteiger charge is 2.26. The molecule has 1 atom stereocenters.